The van der Waals surface area contributed by atoms with Crippen LogP contribution in [0.2, 0.25) is 5.02 Å². The number of amides is 1. The molecule has 4 aromatic rings. The van der Waals surface area contributed by atoms with Gasteiger partial charge in [-0.2, -0.15) is 4.98 Å². The molecule has 0 radical (unpaired) electrons. The minimum atomic E-state index is -0.419. The molecule has 4 rings (SSSR count). The molecule has 0 unspecified atom stereocenters. The van der Waals surface area contributed by atoms with E-state index in [-0.39, 0.29) is 11.7 Å². The molecular formula is C21H18ClN3O3. The van der Waals surface area contributed by atoms with Crippen molar-refractivity contribution in [3.63, 3.8) is 0 Å². The van der Waals surface area contributed by atoms with Crippen molar-refractivity contribution in [1.82, 2.24) is 15.5 Å². The number of hydrogen-bond acceptors (Lipinski definition) is 5. The van der Waals surface area contributed by atoms with Crippen LogP contribution in [0.1, 0.15) is 27.4 Å². The molecule has 1 amide bonds. The SMILES string of the molecule is Cc1ccc2oc(-c3noc(C(=O)NCCc4ccc(Cl)cc4)n3)c(C)c2c1. The summed E-state index contributed by atoms with van der Waals surface area (Å²) < 4.78 is 11.0. The van der Waals surface area contributed by atoms with Gasteiger partial charge < -0.3 is 14.3 Å². The number of rotatable bonds is 5. The van der Waals surface area contributed by atoms with Crippen LogP contribution in [-0.2, 0) is 6.42 Å². The van der Waals surface area contributed by atoms with E-state index in [0.717, 1.165) is 27.7 Å². The maximum absolute atomic E-state index is 12.3. The van der Waals surface area contributed by atoms with Gasteiger partial charge in [-0.05, 0) is 50.1 Å². The van der Waals surface area contributed by atoms with Crippen LogP contribution < -0.4 is 5.32 Å². The van der Waals surface area contributed by atoms with Crippen LogP contribution in [0.25, 0.3) is 22.6 Å². The van der Waals surface area contributed by atoms with E-state index < -0.39 is 5.91 Å². The zero-order chi connectivity index (χ0) is 19.7. The summed E-state index contributed by atoms with van der Waals surface area (Å²) in [6.45, 7) is 4.40. The maximum atomic E-state index is 12.3. The van der Waals surface area contributed by atoms with Crippen LogP contribution in [0, 0.1) is 13.8 Å². The minimum absolute atomic E-state index is 0.0952. The molecule has 2 aromatic carbocycles. The van der Waals surface area contributed by atoms with Crippen LogP contribution in [0.3, 0.4) is 0 Å². The molecular weight excluding hydrogens is 378 g/mol. The standard InChI is InChI=1S/C21H18ClN3O3/c1-12-3-8-17-16(11-12)13(2)18(27-17)19-24-21(28-25-19)20(26)23-10-9-14-4-6-15(22)7-5-14/h3-8,11H,9-10H2,1-2H3,(H,23,26). The van der Waals surface area contributed by atoms with Gasteiger partial charge in [0.2, 0.25) is 5.82 Å². The third kappa shape index (κ3) is 3.64. The largest absolute Gasteiger partial charge is 0.452 e. The average Bonchev–Trinajstić information content (AvgIpc) is 3.29. The van der Waals surface area contributed by atoms with E-state index in [1.54, 1.807) is 0 Å². The molecule has 7 heteroatoms. The molecule has 0 atom stereocenters. The second-order valence-corrected chi connectivity index (χ2v) is 7.05. The van der Waals surface area contributed by atoms with E-state index >= 15 is 0 Å². The lowest BCUT2D eigenvalue weighted by Gasteiger charge is -2.02. The number of fused-ring (bicyclic) bond motifs is 1. The van der Waals surface area contributed by atoms with Gasteiger partial charge in [-0.15, -0.1) is 0 Å². The van der Waals surface area contributed by atoms with Crippen LogP contribution >= 0.6 is 11.6 Å². The summed E-state index contributed by atoms with van der Waals surface area (Å²) in [6.07, 6.45) is 0.673. The third-order valence-electron chi connectivity index (χ3n) is 4.53. The highest BCUT2D eigenvalue weighted by Crippen LogP contribution is 2.31. The molecule has 0 fully saturated rings. The second kappa shape index (κ2) is 7.48. The van der Waals surface area contributed by atoms with E-state index in [4.69, 9.17) is 20.5 Å². The first-order chi connectivity index (χ1) is 13.5. The molecule has 0 saturated carbocycles. The number of benzene rings is 2. The van der Waals surface area contributed by atoms with Gasteiger partial charge in [0.25, 0.3) is 0 Å². The van der Waals surface area contributed by atoms with Crippen LogP contribution in [-0.4, -0.2) is 22.6 Å². The Balaban J connectivity index is 1.46. The first-order valence-electron chi connectivity index (χ1n) is 8.88. The molecule has 2 aromatic heterocycles. The fourth-order valence-corrected chi connectivity index (χ4v) is 3.13. The quantitative estimate of drug-likeness (QED) is 0.528. The number of aromatic nitrogens is 2. The van der Waals surface area contributed by atoms with Gasteiger partial charge in [0.1, 0.15) is 5.58 Å². The van der Waals surface area contributed by atoms with Crippen molar-refractivity contribution in [1.29, 1.82) is 0 Å². The monoisotopic (exact) mass is 395 g/mol. The predicted octanol–water partition coefficient (Wildman–Crippen LogP) is 4.73. The van der Waals surface area contributed by atoms with Crippen molar-refractivity contribution in [3.8, 4) is 11.6 Å². The van der Waals surface area contributed by atoms with Crippen molar-refractivity contribution in [2.24, 2.45) is 0 Å². The summed E-state index contributed by atoms with van der Waals surface area (Å²) in [5.41, 5.74) is 3.87. The first kappa shape index (κ1) is 18.3. The zero-order valence-corrected chi connectivity index (χ0v) is 16.2. The van der Waals surface area contributed by atoms with Gasteiger partial charge >= 0.3 is 11.8 Å². The van der Waals surface area contributed by atoms with E-state index in [2.05, 4.69) is 15.5 Å². The normalized spacial score (nSPS) is 11.1. The van der Waals surface area contributed by atoms with Gasteiger partial charge in [0.15, 0.2) is 5.76 Å². The second-order valence-electron chi connectivity index (χ2n) is 6.61. The minimum Gasteiger partial charge on any atom is -0.452 e. The number of aryl methyl sites for hydroxylation is 2. The fraction of sp³-hybridized carbons (Fsp3) is 0.190. The molecule has 1 N–H and O–H groups in total. The number of furan rings is 1. The number of carbonyl (C=O) groups is 1. The molecule has 0 saturated heterocycles. The number of carbonyl (C=O) groups excluding carboxylic acids is 1. The van der Waals surface area contributed by atoms with Gasteiger partial charge in [-0.3, -0.25) is 4.79 Å². The van der Waals surface area contributed by atoms with E-state index in [9.17, 15) is 4.79 Å². The highest BCUT2D eigenvalue weighted by Gasteiger charge is 2.21. The molecule has 6 nitrogen and oxygen atoms in total. The van der Waals surface area contributed by atoms with Crippen molar-refractivity contribution in [3.05, 3.63) is 70.1 Å². The Bertz CT molecular complexity index is 1150. The number of nitrogens with one attached hydrogen (secondary N) is 1. The summed E-state index contributed by atoms with van der Waals surface area (Å²) in [4.78, 5) is 16.5. The maximum Gasteiger partial charge on any atom is 0.316 e. The van der Waals surface area contributed by atoms with E-state index in [1.165, 1.54) is 0 Å². The molecule has 0 bridgehead atoms. The summed E-state index contributed by atoms with van der Waals surface area (Å²) >= 11 is 5.87. The van der Waals surface area contributed by atoms with Gasteiger partial charge in [-0.25, -0.2) is 0 Å². The molecule has 2 heterocycles. The van der Waals surface area contributed by atoms with Crippen LogP contribution in [0.15, 0.2) is 51.4 Å². The molecule has 0 aliphatic heterocycles. The average molecular weight is 396 g/mol. The van der Waals surface area contributed by atoms with E-state index in [0.29, 0.717) is 23.7 Å². The molecule has 0 spiro atoms. The van der Waals surface area contributed by atoms with Gasteiger partial charge in [-0.1, -0.05) is 40.5 Å². The fourth-order valence-electron chi connectivity index (χ4n) is 3.00. The van der Waals surface area contributed by atoms with Gasteiger partial charge in [0, 0.05) is 22.5 Å². The summed E-state index contributed by atoms with van der Waals surface area (Å²) in [5, 5.41) is 8.36. The Hall–Kier alpha value is -3.12. The van der Waals surface area contributed by atoms with E-state index in [1.807, 2.05) is 56.3 Å². The Morgan fingerprint density at radius 1 is 1.14 bits per heavy atom. The number of nitrogens with zero attached hydrogens (tertiary/aromatic N) is 2. The highest BCUT2D eigenvalue weighted by atomic mass is 35.5. The van der Waals surface area contributed by atoms with Crippen molar-refractivity contribution < 1.29 is 13.7 Å². The Labute approximate surface area is 166 Å². The molecule has 0 aliphatic carbocycles. The summed E-state index contributed by atoms with van der Waals surface area (Å²) in [5.74, 6) is 0.248. The Morgan fingerprint density at radius 2 is 1.93 bits per heavy atom. The molecule has 0 aliphatic rings. The lowest BCUT2D eigenvalue weighted by Crippen LogP contribution is -2.25. The topological polar surface area (TPSA) is 81.2 Å². The van der Waals surface area contributed by atoms with Crippen molar-refractivity contribution in [2.45, 2.75) is 20.3 Å². The predicted molar refractivity (Wildman–Crippen MR) is 106 cm³/mol. The smallest absolute Gasteiger partial charge is 0.316 e. The van der Waals surface area contributed by atoms with Crippen LogP contribution in [0.4, 0.5) is 0 Å². The number of halogens is 1. The first-order valence-corrected chi connectivity index (χ1v) is 9.25. The van der Waals surface area contributed by atoms with Crippen LogP contribution in [0.5, 0.6) is 0 Å². The lowest BCUT2D eigenvalue weighted by molar-refractivity contribution is 0.0910. The number of hydrogen-bond donors (Lipinski definition) is 1. The Kier molecular flexibility index (Phi) is 4.88. The molecule has 28 heavy (non-hydrogen) atoms. The third-order valence-corrected chi connectivity index (χ3v) is 4.78. The highest BCUT2D eigenvalue weighted by molar-refractivity contribution is 6.30. The zero-order valence-electron chi connectivity index (χ0n) is 15.5. The summed E-state index contributed by atoms with van der Waals surface area (Å²) in [7, 11) is 0. The Morgan fingerprint density at radius 3 is 2.71 bits per heavy atom. The molecule has 142 valence electrons. The van der Waals surface area contributed by atoms with Gasteiger partial charge in [0.05, 0.1) is 0 Å². The van der Waals surface area contributed by atoms with Crippen molar-refractivity contribution in [2.75, 3.05) is 6.54 Å². The van der Waals surface area contributed by atoms with Crippen molar-refractivity contribution >= 4 is 28.5 Å². The lowest BCUT2D eigenvalue weighted by atomic mass is 10.1. The summed E-state index contributed by atoms with van der Waals surface area (Å²) in [6, 6.07) is 13.4.